The third kappa shape index (κ3) is 4.07. The highest BCUT2D eigenvalue weighted by atomic mass is 35.5. The second-order valence-corrected chi connectivity index (χ2v) is 5.57. The topological polar surface area (TPSA) is 35.2 Å². The van der Waals surface area contributed by atoms with Gasteiger partial charge in [-0.3, -0.25) is 0 Å². The van der Waals surface area contributed by atoms with Gasteiger partial charge in [0.05, 0.1) is 12.7 Å². The lowest BCUT2D eigenvalue weighted by atomic mass is 10.0. The molecular weight excluding hydrogens is 270 g/mol. The molecule has 20 heavy (non-hydrogen) atoms. The molecule has 2 aromatic rings. The first-order valence-electron chi connectivity index (χ1n) is 6.74. The summed E-state index contributed by atoms with van der Waals surface area (Å²) >= 11 is 5.98. The largest absolute Gasteiger partial charge is 0.367 e. The summed E-state index contributed by atoms with van der Waals surface area (Å²) in [6.07, 6.45) is -0.116. The molecule has 0 spiro atoms. The van der Waals surface area contributed by atoms with Crippen LogP contribution in [0.4, 0.5) is 0 Å². The summed E-state index contributed by atoms with van der Waals surface area (Å²) in [6, 6.07) is 15.9. The zero-order valence-corrected chi connectivity index (χ0v) is 12.6. The summed E-state index contributed by atoms with van der Waals surface area (Å²) in [7, 11) is 0. The Kier molecular flexibility index (Phi) is 5.18. The predicted molar refractivity (Wildman–Crippen MR) is 83.8 cm³/mol. The molecule has 0 amide bonds. The molecule has 0 aliphatic heterocycles. The first kappa shape index (κ1) is 15.0. The van der Waals surface area contributed by atoms with Crippen LogP contribution in [0.25, 0.3) is 0 Å². The molecule has 2 nitrogen and oxygen atoms in total. The molecule has 0 aliphatic rings. The Morgan fingerprint density at radius 3 is 2.45 bits per heavy atom. The Morgan fingerprint density at radius 2 is 1.85 bits per heavy atom. The normalized spacial score (nSPS) is 14.0. The summed E-state index contributed by atoms with van der Waals surface area (Å²) in [5, 5.41) is 0.721. The van der Waals surface area contributed by atoms with E-state index in [1.54, 1.807) is 0 Å². The average molecular weight is 290 g/mol. The van der Waals surface area contributed by atoms with Crippen molar-refractivity contribution in [1.82, 2.24) is 0 Å². The number of aryl methyl sites for hydroxylation is 1. The monoisotopic (exact) mass is 289 g/mol. The first-order valence-corrected chi connectivity index (χ1v) is 7.12. The molecule has 0 saturated carbocycles. The lowest BCUT2D eigenvalue weighted by Crippen LogP contribution is -2.26. The standard InChI is InChI=1S/C17H20ClNO/c1-12-6-8-15(9-7-12)17(13(2)19)20-11-14-4-3-5-16(18)10-14/h3-10,13,17H,11,19H2,1-2H3. The molecule has 3 heteroatoms. The van der Waals surface area contributed by atoms with Crippen LogP contribution in [-0.2, 0) is 11.3 Å². The molecule has 0 radical (unpaired) electrons. The van der Waals surface area contributed by atoms with E-state index >= 15 is 0 Å². The molecule has 2 N–H and O–H groups in total. The van der Waals surface area contributed by atoms with Crippen LogP contribution in [0.15, 0.2) is 48.5 Å². The van der Waals surface area contributed by atoms with E-state index in [0.29, 0.717) is 6.61 Å². The van der Waals surface area contributed by atoms with Crippen molar-refractivity contribution in [2.45, 2.75) is 32.6 Å². The summed E-state index contributed by atoms with van der Waals surface area (Å²) in [5.74, 6) is 0. The van der Waals surface area contributed by atoms with Crippen LogP contribution in [0, 0.1) is 6.92 Å². The number of hydrogen-bond donors (Lipinski definition) is 1. The van der Waals surface area contributed by atoms with Crippen molar-refractivity contribution in [1.29, 1.82) is 0 Å². The van der Waals surface area contributed by atoms with Crippen LogP contribution in [0.1, 0.15) is 29.7 Å². The number of rotatable bonds is 5. The molecule has 2 aromatic carbocycles. The fourth-order valence-corrected chi connectivity index (χ4v) is 2.33. The molecule has 2 unspecified atom stereocenters. The van der Waals surface area contributed by atoms with Crippen LogP contribution >= 0.6 is 11.6 Å². The minimum atomic E-state index is -0.116. The van der Waals surface area contributed by atoms with Gasteiger partial charge in [0.1, 0.15) is 0 Å². The van der Waals surface area contributed by atoms with Gasteiger partial charge in [-0.2, -0.15) is 0 Å². The molecule has 0 saturated heterocycles. The minimum Gasteiger partial charge on any atom is -0.367 e. The van der Waals surface area contributed by atoms with Crippen LogP contribution in [0.2, 0.25) is 5.02 Å². The Hall–Kier alpha value is -1.35. The maximum absolute atomic E-state index is 6.05. The van der Waals surface area contributed by atoms with Gasteiger partial charge in [0, 0.05) is 11.1 Å². The number of hydrogen-bond acceptors (Lipinski definition) is 2. The average Bonchev–Trinajstić information content (AvgIpc) is 2.41. The number of halogens is 1. The SMILES string of the molecule is Cc1ccc(C(OCc2cccc(Cl)c2)C(C)N)cc1. The Bertz CT molecular complexity index is 551. The number of nitrogens with two attached hydrogens (primary N) is 1. The van der Waals surface area contributed by atoms with Crippen LogP contribution in [-0.4, -0.2) is 6.04 Å². The summed E-state index contributed by atoms with van der Waals surface area (Å²) < 4.78 is 5.99. The van der Waals surface area contributed by atoms with Crippen molar-refractivity contribution in [3.8, 4) is 0 Å². The Balaban J connectivity index is 2.08. The Morgan fingerprint density at radius 1 is 1.15 bits per heavy atom. The van der Waals surface area contributed by atoms with Gasteiger partial charge in [0.2, 0.25) is 0 Å². The summed E-state index contributed by atoms with van der Waals surface area (Å²) in [5.41, 5.74) is 9.43. The maximum atomic E-state index is 6.05. The van der Waals surface area contributed by atoms with E-state index in [2.05, 4.69) is 31.2 Å². The predicted octanol–water partition coefficient (Wildman–Crippen LogP) is 4.25. The second-order valence-electron chi connectivity index (χ2n) is 5.13. The zero-order chi connectivity index (χ0) is 14.5. The van der Waals surface area contributed by atoms with Crippen LogP contribution in [0.3, 0.4) is 0 Å². The molecule has 0 bridgehead atoms. The number of benzene rings is 2. The van der Waals surface area contributed by atoms with E-state index in [1.807, 2.05) is 31.2 Å². The van der Waals surface area contributed by atoms with Crippen molar-refractivity contribution in [3.63, 3.8) is 0 Å². The highest BCUT2D eigenvalue weighted by Gasteiger charge is 2.16. The number of ether oxygens (including phenoxy) is 1. The second kappa shape index (κ2) is 6.89. The van der Waals surface area contributed by atoms with Gasteiger partial charge in [-0.25, -0.2) is 0 Å². The lowest BCUT2D eigenvalue weighted by molar-refractivity contribution is 0.0259. The van der Waals surface area contributed by atoms with Crippen molar-refractivity contribution in [3.05, 3.63) is 70.2 Å². The summed E-state index contributed by atoms with van der Waals surface area (Å²) in [6.45, 7) is 4.53. The van der Waals surface area contributed by atoms with Crippen molar-refractivity contribution in [2.24, 2.45) is 5.73 Å². The zero-order valence-electron chi connectivity index (χ0n) is 11.8. The van der Waals surface area contributed by atoms with E-state index in [1.165, 1.54) is 5.56 Å². The van der Waals surface area contributed by atoms with Gasteiger partial charge >= 0.3 is 0 Å². The van der Waals surface area contributed by atoms with Gasteiger partial charge in [-0.05, 0) is 37.1 Å². The third-order valence-corrected chi connectivity index (χ3v) is 3.44. The Labute approximate surface area is 125 Å². The molecule has 2 rings (SSSR count). The quantitative estimate of drug-likeness (QED) is 0.893. The van der Waals surface area contributed by atoms with E-state index in [0.717, 1.165) is 16.1 Å². The first-order chi connectivity index (χ1) is 9.56. The molecule has 0 fully saturated rings. The van der Waals surface area contributed by atoms with Gasteiger partial charge in [-0.1, -0.05) is 53.6 Å². The van der Waals surface area contributed by atoms with Gasteiger partial charge < -0.3 is 10.5 Å². The highest BCUT2D eigenvalue weighted by Crippen LogP contribution is 2.23. The van der Waals surface area contributed by atoms with E-state index in [9.17, 15) is 0 Å². The van der Waals surface area contributed by atoms with Gasteiger partial charge in [0.15, 0.2) is 0 Å². The maximum Gasteiger partial charge on any atom is 0.0977 e. The lowest BCUT2D eigenvalue weighted by Gasteiger charge is -2.22. The fourth-order valence-electron chi connectivity index (χ4n) is 2.12. The van der Waals surface area contributed by atoms with Crippen LogP contribution < -0.4 is 5.73 Å². The molecule has 0 heterocycles. The third-order valence-electron chi connectivity index (χ3n) is 3.20. The van der Waals surface area contributed by atoms with Gasteiger partial charge in [-0.15, -0.1) is 0 Å². The van der Waals surface area contributed by atoms with Crippen molar-refractivity contribution < 1.29 is 4.74 Å². The van der Waals surface area contributed by atoms with Crippen molar-refractivity contribution in [2.75, 3.05) is 0 Å². The molecular formula is C17H20ClNO. The highest BCUT2D eigenvalue weighted by molar-refractivity contribution is 6.30. The fraction of sp³-hybridized carbons (Fsp3) is 0.294. The molecule has 0 aromatic heterocycles. The summed E-state index contributed by atoms with van der Waals surface area (Å²) in [4.78, 5) is 0. The smallest absolute Gasteiger partial charge is 0.0977 e. The van der Waals surface area contributed by atoms with Crippen LogP contribution in [0.5, 0.6) is 0 Å². The van der Waals surface area contributed by atoms with E-state index in [4.69, 9.17) is 22.1 Å². The van der Waals surface area contributed by atoms with Crippen molar-refractivity contribution >= 4 is 11.6 Å². The van der Waals surface area contributed by atoms with E-state index < -0.39 is 0 Å². The van der Waals surface area contributed by atoms with Gasteiger partial charge in [0.25, 0.3) is 0 Å². The van der Waals surface area contributed by atoms with E-state index in [-0.39, 0.29) is 12.1 Å². The minimum absolute atomic E-state index is 0.0723. The molecule has 2 atom stereocenters. The molecule has 106 valence electrons. The molecule has 0 aliphatic carbocycles.